The number of nitrogens with one attached hydrogen (secondary N) is 1. The maximum Gasteiger partial charge on any atom is 0.246 e. The van der Waals surface area contributed by atoms with Crippen LogP contribution < -0.4 is 5.32 Å². The third-order valence-electron chi connectivity index (χ3n) is 2.59. The lowest BCUT2D eigenvalue weighted by molar-refractivity contribution is -0.125. The fraction of sp³-hybridized carbons (Fsp3) is 0.900. The quantitative estimate of drug-likeness (QED) is 0.706. The topological polar surface area (TPSA) is 41.6 Å². The Hall–Kier alpha value is -0.610. The van der Waals surface area contributed by atoms with Gasteiger partial charge >= 0.3 is 0 Å². The van der Waals surface area contributed by atoms with Crippen LogP contribution in [0.2, 0.25) is 0 Å². The van der Waals surface area contributed by atoms with E-state index in [-0.39, 0.29) is 12.5 Å². The normalized spacial score (nSPS) is 23.4. The zero-order valence-electron chi connectivity index (χ0n) is 9.08. The molecule has 0 spiro atoms. The fourth-order valence-electron chi connectivity index (χ4n) is 1.86. The molecule has 0 radical (unpaired) electrons. The summed E-state index contributed by atoms with van der Waals surface area (Å²) in [6.45, 7) is 5.53. The van der Waals surface area contributed by atoms with Gasteiger partial charge in [-0.15, -0.1) is 0 Å². The molecule has 0 bridgehead atoms. The first-order chi connectivity index (χ1) is 6.76. The number of carbonyl (C=O) groups is 1. The van der Waals surface area contributed by atoms with Crippen molar-refractivity contribution in [1.29, 1.82) is 0 Å². The first-order valence-corrected chi connectivity index (χ1v) is 5.27. The summed E-state index contributed by atoms with van der Waals surface area (Å²) in [5, 5.41) is 2.98. The fourth-order valence-corrected chi connectivity index (χ4v) is 1.86. The highest BCUT2D eigenvalue weighted by Gasteiger charge is 2.19. The number of likely N-dealkylation sites (N-methyl/N-ethyl adjacent to an activating group) is 1. The van der Waals surface area contributed by atoms with Gasteiger partial charge in [0, 0.05) is 19.7 Å². The predicted octanol–water partition coefficient (Wildman–Crippen LogP) is 0.233. The van der Waals surface area contributed by atoms with Crippen LogP contribution in [0.1, 0.15) is 19.8 Å². The van der Waals surface area contributed by atoms with E-state index >= 15 is 0 Å². The maximum atomic E-state index is 11.3. The van der Waals surface area contributed by atoms with Gasteiger partial charge in [0.25, 0.3) is 0 Å². The molecule has 82 valence electrons. The summed E-state index contributed by atoms with van der Waals surface area (Å²) in [7, 11) is 1.54. The van der Waals surface area contributed by atoms with Crippen LogP contribution in [-0.2, 0) is 9.53 Å². The van der Waals surface area contributed by atoms with Crippen molar-refractivity contribution in [2.75, 3.05) is 33.4 Å². The van der Waals surface area contributed by atoms with Crippen molar-refractivity contribution in [3.8, 4) is 0 Å². The van der Waals surface area contributed by atoms with Gasteiger partial charge in [0.1, 0.15) is 6.61 Å². The number of hydrogen-bond donors (Lipinski definition) is 1. The first kappa shape index (κ1) is 11.5. The highest BCUT2D eigenvalue weighted by molar-refractivity contribution is 5.77. The highest BCUT2D eigenvalue weighted by atomic mass is 16.5. The van der Waals surface area contributed by atoms with Crippen molar-refractivity contribution < 1.29 is 9.53 Å². The number of rotatable bonds is 4. The minimum atomic E-state index is -0.00421. The molecule has 1 N–H and O–H groups in total. The SMILES string of the molecule is CCN1CCCC(NC(=O)COC)C1. The van der Waals surface area contributed by atoms with E-state index in [1.165, 1.54) is 6.42 Å². The summed E-state index contributed by atoms with van der Waals surface area (Å²) in [5.41, 5.74) is 0. The molecule has 0 aliphatic carbocycles. The monoisotopic (exact) mass is 200 g/mol. The molecule has 1 aliphatic heterocycles. The molecule has 1 atom stereocenters. The van der Waals surface area contributed by atoms with Gasteiger partial charge in [0.05, 0.1) is 0 Å². The van der Waals surface area contributed by atoms with E-state index in [0.717, 1.165) is 26.1 Å². The van der Waals surface area contributed by atoms with E-state index in [9.17, 15) is 4.79 Å². The van der Waals surface area contributed by atoms with Gasteiger partial charge in [0.2, 0.25) is 5.91 Å². The standard InChI is InChI=1S/C10H20N2O2/c1-3-12-6-4-5-9(7-12)11-10(13)8-14-2/h9H,3-8H2,1-2H3,(H,11,13). The average Bonchev–Trinajstić information content (AvgIpc) is 2.18. The molecule has 4 nitrogen and oxygen atoms in total. The van der Waals surface area contributed by atoms with Gasteiger partial charge in [-0.2, -0.15) is 0 Å². The molecule has 0 aromatic rings. The molecule has 1 heterocycles. The maximum absolute atomic E-state index is 11.3. The van der Waals surface area contributed by atoms with Crippen molar-refractivity contribution >= 4 is 5.91 Å². The second-order valence-electron chi connectivity index (χ2n) is 3.73. The Labute approximate surface area is 85.6 Å². The summed E-state index contributed by atoms with van der Waals surface area (Å²) < 4.78 is 4.77. The summed E-state index contributed by atoms with van der Waals surface area (Å²) in [4.78, 5) is 13.6. The van der Waals surface area contributed by atoms with Crippen molar-refractivity contribution in [3.63, 3.8) is 0 Å². The lowest BCUT2D eigenvalue weighted by Gasteiger charge is -2.32. The van der Waals surface area contributed by atoms with Crippen LogP contribution in [0.3, 0.4) is 0 Å². The second-order valence-corrected chi connectivity index (χ2v) is 3.73. The number of hydrogen-bond acceptors (Lipinski definition) is 3. The third kappa shape index (κ3) is 3.64. The molecule has 1 amide bonds. The van der Waals surface area contributed by atoms with Crippen LogP contribution in [0, 0.1) is 0 Å². The number of nitrogens with zero attached hydrogens (tertiary/aromatic N) is 1. The zero-order chi connectivity index (χ0) is 10.4. The number of piperidine rings is 1. The Morgan fingerprint density at radius 1 is 1.64 bits per heavy atom. The second kappa shape index (κ2) is 5.98. The zero-order valence-corrected chi connectivity index (χ0v) is 9.08. The van der Waals surface area contributed by atoms with Crippen molar-refractivity contribution in [2.24, 2.45) is 0 Å². The van der Waals surface area contributed by atoms with Crippen molar-refractivity contribution in [1.82, 2.24) is 10.2 Å². The van der Waals surface area contributed by atoms with Crippen LogP contribution in [0.25, 0.3) is 0 Å². The number of amides is 1. The lowest BCUT2D eigenvalue weighted by Crippen LogP contribution is -2.48. The molecule has 0 aromatic carbocycles. The largest absolute Gasteiger partial charge is 0.375 e. The van der Waals surface area contributed by atoms with E-state index in [4.69, 9.17) is 4.74 Å². The van der Waals surface area contributed by atoms with Crippen molar-refractivity contribution in [2.45, 2.75) is 25.8 Å². The number of likely N-dealkylation sites (tertiary alicyclic amines) is 1. The number of ether oxygens (including phenoxy) is 1. The predicted molar refractivity (Wildman–Crippen MR) is 55.2 cm³/mol. The molecule has 0 saturated carbocycles. The van der Waals surface area contributed by atoms with Crippen molar-refractivity contribution in [3.05, 3.63) is 0 Å². The molecular weight excluding hydrogens is 180 g/mol. The van der Waals surface area contributed by atoms with E-state index in [1.54, 1.807) is 7.11 Å². The number of methoxy groups -OCH3 is 1. The van der Waals surface area contributed by atoms with Gasteiger partial charge in [0.15, 0.2) is 0 Å². The summed E-state index contributed by atoms with van der Waals surface area (Å²) in [6, 6.07) is 0.311. The summed E-state index contributed by atoms with van der Waals surface area (Å²) >= 11 is 0. The molecule has 1 saturated heterocycles. The minimum Gasteiger partial charge on any atom is -0.375 e. The molecule has 0 aromatic heterocycles. The molecular formula is C10H20N2O2. The first-order valence-electron chi connectivity index (χ1n) is 5.27. The molecule has 14 heavy (non-hydrogen) atoms. The Morgan fingerprint density at radius 3 is 3.07 bits per heavy atom. The minimum absolute atomic E-state index is 0.00421. The molecule has 1 aliphatic rings. The van der Waals surface area contributed by atoms with Gasteiger partial charge < -0.3 is 15.0 Å². The Morgan fingerprint density at radius 2 is 2.43 bits per heavy atom. The van der Waals surface area contributed by atoms with Crippen LogP contribution in [0.4, 0.5) is 0 Å². The molecule has 1 fully saturated rings. The molecule has 1 rings (SSSR count). The lowest BCUT2D eigenvalue weighted by atomic mass is 10.1. The van der Waals surface area contributed by atoms with Gasteiger partial charge in [-0.25, -0.2) is 0 Å². The Kier molecular flexibility index (Phi) is 4.90. The van der Waals surface area contributed by atoms with Gasteiger partial charge in [-0.1, -0.05) is 6.92 Å². The third-order valence-corrected chi connectivity index (χ3v) is 2.59. The van der Waals surface area contributed by atoms with Gasteiger partial charge in [-0.3, -0.25) is 4.79 Å². The van der Waals surface area contributed by atoms with Crippen LogP contribution in [-0.4, -0.2) is 50.2 Å². The summed E-state index contributed by atoms with van der Waals surface area (Å²) in [6.07, 6.45) is 2.26. The average molecular weight is 200 g/mol. The van der Waals surface area contributed by atoms with Crippen LogP contribution in [0.5, 0.6) is 0 Å². The van der Waals surface area contributed by atoms with E-state index < -0.39 is 0 Å². The highest BCUT2D eigenvalue weighted by Crippen LogP contribution is 2.09. The smallest absolute Gasteiger partial charge is 0.246 e. The number of carbonyl (C=O) groups excluding carboxylic acids is 1. The van der Waals surface area contributed by atoms with Crippen LogP contribution in [0.15, 0.2) is 0 Å². The van der Waals surface area contributed by atoms with E-state index in [1.807, 2.05) is 0 Å². The Balaban J connectivity index is 2.26. The van der Waals surface area contributed by atoms with Gasteiger partial charge in [-0.05, 0) is 25.9 Å². The van der Waals surface area contributed by atoms with Crippen LogP contribution >= 0.6 is 0 Å². The Bertz CT molecular complexity index is 185. The van der Waals surface area contributed by atoms with E-state index in [0.29, 0.717) is 6.04 Å². The molecule has 1 unspecified atom stereocenters. The van der Waals surface area contributed by atoms with E-state index in [2.05, 4.69) is 17.1 Å². The molecule has 4 heteroatoms. The summed E-state index contributed by atoms with van der Waals surface area (Å²) in [5.74, 6) is -0.00421.